The summed E-state index contributed by atoms with van der Waals surface area (Å²) in [5.41, 5.74) is 0.773. The molecule has 0 bridgehead atoms. The maximum atomic E-state index is 12.4. The van der Waals surface area contributed by atoms with Crippen LogP contribution in [0.2, 0.25) is 0 Å². The highest BCUT2D eigenvalue weighted by Crippen LogP contribution is 2.27. The number of thioether (sulfide) groups is 1. The van der Waals surface area contributed by atoms with E-state index in [9.17, 15) is 4.79 Å². The third kappa shape index (κ3) is 4.72. The first-order valence-corrected chi connectivity index (χ1v) is 10.2. The lowest BCUT2D eigenvalue weighted by atomic mass is 10.1. The number of ether oxygens (including phenoxy) is 2. The maximum absolute atomic E-state index is 12.4. The van der Waals surface area contributed by atoms with Crippen molar-refractivity contribution in [2.45, 2.75) is 11.8 Å². The van der Waals surface area contributed by atoms with Crippen LogP contribution in [-0.4, -0.2) is 29.0 Å². The molecular weight excluding hydrogens is 402 g/mol. The molecule has 0 aliphatic rings. The second-order valence-corrected chi connectivity index (χ2v) is 7.19. The molecule has 0 spiro atoms. The standard InChI is InChI=1S/C22H19N3O4S/c1-27-18-11-4-5-12-19(18)28-13-21-24-25-22(29-21)30-14-20(26)23-17-10-6-8-15-7-2-3-9-16(15)17/h2-12H,13-14H2,1H3,(H,23,26). The van der Waals surface area contributed by atoms with E-state index >= 15 is 0 Å². The molecule has 0 aliphatic carbocycles. The van der Waals surface area contributed by atoms with Gasteiger partial charge in [0.2, 0.25) is 5.91 Å². The highest BCUT2D eigenvalue weighted by molar-refractivity contribution is 7.99. The van der Waals surface area contributed by atoms with Gasteiger partial charge >= 0.3 is 0 Å². The van der Waals surface area contributed by atoms with Gasteiger partial charge in [0.05, 0.1) is 12.9 Å². The molecule has 0 fully saturated rings. The average Bonchev–Trinajstić information content (AvgIpc) is 3.25. The fourth-order valence-electron chi connectivity index (χ4n) is 2.88. The van der Waals surface area contributed by atoms with Crippen LogP contribution in [0.3, 0.4) is 0 Å². The molecule has 0 radical (unpaired) electrons. The number of hydrogen-bond acceptors (Lipinski definition) is 7. The Morgan fingerprint density at radius 2 is 1.77 bits per heavy atom. The molecule has 4 rings (SSSR count). The van der Waals surface area contributed by atoms with E-state index in [1.165, 1.54) is 11.8 Å². The number of hydrogen-bond donors (Lipinski definition) is 1. The molecule has 1 N–H and O–H groups in total. The van der Waals surface area contributed by atoms with Crippen molar-refractivity contribution in [1.29, 1.82) is 0 Å². The van der Waals surface area contributed by atoms with Crippen LogP contribution in [0.15, 0.2) is 76.4 Å². The molecule has 0 saturated carbocycles. The number of carbonyl (C=O) groups excluding carboxylic acids is 1. The van der Waals surface area contributed by atoms with Crippen LogP contribution in [0.1, 0.15) is 5.89 Å². The number of para-hydroxylation sites is 2. The Bertz CT molecular complexity index is 1160. The number of nitrogens with one attached hydrogen (secondary N) is 1. The number of amides is 1. The molecule has 1 amide bonds. The summed E-state index contributed by atoms with van der Waals surface area (Å²) in [7, 11) is 1.58. The summed E-state index contributed by atoms with van der Waals surface area (Å²) < 4.78 is 16.4. The second kappa shape index (κ2) is 9.32. The van der Waals surface area contributed by atoms with Crippen molar-refractivity contribution in [2.24, 2.45) is 0 Å². The first-order chi connectivity index (χ1) is 14.7. The zero-order valence-corrected chi connectivity index (χ0v) is 17.0. The minimum absolute atomic E-state index is 0.107. The van der Waals surface area contributed by atoms with Crippen molar-refractivity contribution >= 4 is 34.1 Å². The van der Waals surface area contributed by atoms with E-state index in [0.29, 0.717) is 22.6 Å². The van der Waals surface area contributed by atoms with Gasteiger partial charge in [0.1, 0.15) is 0 Å². The van der Waals surface area contributed by atoms with Gasteiger partial charge in [-0.2, -0.15) is 0 Å². The fourth-order valence-corrected chi connectivity index (χ4v) is 3.46. The molecule has 7 nitrogen and oxygen atoms in total. The Hall–Kier alpha value is -3.52. The fraction of sp³-hybridized carbons (Fsp3) is 0.136. The SMILES string of the molecule is COc1ccccc1OCc1nnc(SCC(=O)Nc2cccc3ccccc23)o1. The van der Waals surface area contributed by atoms with Gasteiger partial charge < -0.3 is 19.2 Å². The lowest BCUT2D eigenvalue weighted by Gasteiger charge is -2.08. The number of nitrogens with zero attached hydrogens (tertiary/aromatic N) is 2. The van der Waals surface area contributed by atoms with Gasteiger partial charge in [0, 0.05) is 11.1 Å². The monoisotopic (exact) mass is 421 g/mol. The zero-order chi connectivity index (χ0) is 20.8. The number of carbonyl (C=O) groups is 1. The smallest absolute Gasteiger partial charge is 0.277 e. The van der Waals surface area contributed by atoms with E-state index in [0.717, 1.165) is 16.5 Å². The van der Waals surface area contributed by atoms with Crippen LogP contribution in [0, 0.1) is 0 Å². The summed E-state index contributed by atoms with van der Waals surface area (Å²) >= 11 is 1.17. The van der Waals surface area contributed by atoms with Crippen LogP contribution in [-0.2, 0) is 11.4 Å². The Balaban J connectivity index is 1.31. The second-order valence-electron chi connectivity index (χ2n) is 6.26. The van der Waals surface area contributed by atoms with Crippen molar-refractivity contribution in [3.8, 4) is 11.5 Å². The van der Waals surface area contributed by atoms with Crippen LogP contribution < -0.4 is 14.8 Å². The summed E-state index contributed by atoms with van der Waals surface area (Å²) in [5.74, 6) is 1.52. The molecule has 1 heterocycles. The largest absolute Gasteiger partial charge is 0.493 e. The molecule has 30 heavy (non-hydrogen) atoms. The summed E-state index contributed by atoms with van der Waals surface area (Å²) in [6.45, 7) is 0.107. The molecule has 0 unspecified atom stereocenters. The molecule has 8 heteroatoms. The van der Waals surface area contributed by atoms with Crippen LogP contribution in [0.5, 0.6) is 11.5 Å². The van der Waals surface area contributed by atoms with Crippen molar-refractivity contribution in [3.05, 3.63) is 72.6 Å². The molecular formula is C22H19N3O4S. The van der Waals surface area contributed by atoms with Crippen LogP contribution in [0.4, 0.5) is 5.69 Å². The van der Waals surface area contributed by atoms with Crippen LogP contribution >= 0.6 is 11.8 Å². The van der Waals surface area contributed by atoms with E-state index in [2.05, 4.69) is 15.5 Å². The highest BCUT2D eigenvalue weighted by atomic mass is 32.2. The third-order valence-corrected chi connectivity index (χ3v) is 5.08. The summed E-state index contributed by atoms with van der Waals surface area (Å²) in [5, 5.41) is 13.2. The van der Waals surface area contributed by atoms with Crippen molar-refractivity contribution in [2.75, 3.05) is 18.2 Å². The Morgan fingerprint density at radius 3 is 2.63 bits per heavy atom. The minimum Gasteiger partial charge on any atom is -0.493 e. The van der Waals surface area contributed by atoms with Gasteiger partial charge in [-0.25, -0.2) is 0 Å². The average molecular weight is 421 g/mol. The van der Waals surface area contributed by atoms with E-state index in [1.807, 2.05) is 54.6 Å². The number of methoxy groups -OCH3 is 1. The molecule has 4 aromatic rings. The minimum atomic E-state index is -0.152. The molecule has 152 valence electrons. The summed E-state index contributed by atoms with van der Waals surface area (Å²) in [6.07, 6.45) is 0. The van der Waals surface area contributed by atoms with Gasteiger partial charge in [-0.15, -0.1) is 10.2 Å². The van der Waals surface area contributed by atoms with E-state index < -0.39 is 0 Å². The predicted molar refractivity (Wildman–Crippen MR) is 115 cm³/mol. The van der Waals surface area contributed by atoms with Gasteiger partial charge in [0.25, 0.3) is 11.1 Å². The Morgan fingerprint density at radius 1 is 1.00 bits per heavy atom. The third-order valence-electron chi connectivity index (χ3n) is 4.26. The first kappa shape index (κ1) is 19.8. The summed E-state index contributed by atoms with van der Waals surface area (Å²) in [4.78, 5) is 12.4. The molecule has 0 atom stereocenters. The predicted octanol–water partition coefficient (Wildman–Crippen LogP) is 4.54. The normalized spacial score (nSPS) is 10.7. The van der Waals surface area contributed by atoms with E-state index in [4.69, 9.17) is 13.9 Å². The van der Waals surface area contributed by atoms with Gasteiger partial charge in [-0.05, 0) is 23.6 Å². The zero-order valence-electron chi connectivity index (χ0n) is 16.2. The lowest BCUT2D eigenvalue weighted by molar-refractivity contribution is -0.113. The van der Waals surface area contributed by atoms with Crippen molar-refractivity contribution < 1.29 is 18.7 Å². The number of rotatable bonds is 8. The number of aromatic nitrogens is 2. The first-order valence-electron chi connectivity index (χ1n) is 9.21. The topological polar surface area (TPSA) is 86.5 Å². The Labute approximate surface area is 177 Å². The number of anilines is 1. The van der Waals surface area contributed by atoms with Gasteiger partial charge in [-0.1, -0.05) is 60.3 Å². The van der Waals surface area contributed by atoms with Gasteiger partial charge in [-0.3, -0.25) is 4.79 Å². The van der Waals surface area contributed by atoms with E-state index in [1.54, 1.807) is 19.2 Å². The quantitative estimate of drug-likeness (QED) is 0.418. The molecule has 0 aliphatic heterocycles. The van der Waals surface area contributed by atoms with Gasteiger partial charge in [0.15, 0.2) is 18.1 Å². The molecule has 1 aromatic heterocycles. The summed E-state index contributed by atoms with van der Waals surface area (Å²) in [6, 6.07) is 21.0. The number of benzene rings is 3. The van der Waals surface area contributed by atoms with Crippen molar-refractivity contribution in [1.82, 2.24) is 10.2 Å². The molecule has 3 aromatic carbocycles. The molecule has 0 saturated heterocycles. The maximum Gasteiger partial charge on any atom is 0.277 e. The van der Waals surface area contributed by atoms with E-state index in [-0.39, 0.29) is 18.3 Å². The lowest BCUT2D eigenvalue weighted by Crippen LogP contribution is -2.14. The highest BCUT2D eigenvalue weighted by Gasteiger charge is 2.12. The van der Waals surface area contributed by atoms with Crippen LogP contribution in [0.25, 0.3) is 10.8 Å². The Kier molecular flexibility index (Phi) is 6.14. The number of fused-ring (bicyclic) bond motifs is 1. The van der Waals surface area contributed by atoms with Crippen molar-refractivity contribution in [3.63, 3.8) is 0 Å².